The number of aliphatic imine (C=N–C) groups is 1. The number of carbonyl (C=O) groups excluding carboxylic acids is 2. The third kappa shape index (κ3) is 2.84. The van der Waals surface area contributed by atoms with Crippen LogP contribution in [0.2, 0.25) is 0 Å². The van der Waals surface area contributed by atoms with E-state index in [2.05, 4.69) is 20.9 Å². The van der Waals surface area contributed by atoms with E-state index in [0.717, 1.165) is 16.3 Å². The fraction of sp³-hybridized carbons (Fsp3) is 0.167. The van der Waals surface area contributed by atoms with Crippen molar-refractivity contribution in [2.45, 2.75) is 11.8 Å². The molecule has 4 nitrogen and oxygen atoms in total. The van der Waals surface area contributed by atoms with Gasteiger partial charge in [0, 0.05) is 23.5 Å². The van der Waals surface area contributed by atoms with E-state index in [4.69, 9.17) is 4.74 Å². The molecule has 2 aromatic carbocycles. The van der Waals surface area contributed by atoms with Crippen LogP contribution in [0.1, 0.15) is 32.7 Å². The Kier molecular flexibility index (Phi) is 4.39. The van der Waals surface area contributed by atoms with Crippen LogP contribution in [0.3, 0.4) is 0 Å². The lowest BCUT2D eigenvalue weighted by Gasteiger charge is -2.10. The fourth-order valence-corrected chi connectivity index (χ4v) is 3.25. The smallest absolute Gasteiger partial charge is 0.338 e. The second kappa shape index (κ2) is 6.46. The first-order valence-corrected chi connectivity index (χ1v) is 8.25. The molecule has 0 amide bonds. The highest BCUT2D eigenvalue weighted by molar-refractivity contribution is 9.08. The van der Waals surface area contributed by atoms with Gasteiger partial charge in [-0.05, 0) is 34.5 Å². The van der Waals surface area contributed by atoms with Crippen LogP contribution in [0.4, 0.5) is 0 Å². The molecule has 0 atom stereocenters. The Labute approximate surface area is 142 Å². The number of halogens is 1. The van der Waals surface area contributed by atoms with E-state index in [-0.39, 0.29) is 11.8 Å². The molecule has 0 aliphatic carbocycles. The average molecular weight is 372 g/mol. The van der Waals surface area contributed by atoms with E-state index in [1.165, 1.54) is 7.11 Å². The number of carbonyl (C=O) groups is 2. The van der Waals surface area contributed by atoms with E-state index in [1.54, 1.807) is 18.3 Å². The molecule has 0 bridgehead atoms. The second-order valence-corrected chi connectivity index (χ2v) is 5.68. The highest BCUT2D eigenvalue weighted by Gasteiger charge is 2.17. The highest BCUT2D eigenvalue weighted by atomic mass is 79.9. The van der Waals surface area contributed by atoms with Crippen molar-refractivity contribution < 1.29 is 14.3 Å². The standard InChI is InChI=1S/C18H14BrNO3/c1-23-18(22)14-7-4-11-9-12(5-6-13(11)15(14)10-19)17(21)16-3-2-8-20-16/h3-9H,2,10H2,1H3. The van der Waals surface area contributed by atoms with E-state index in [1.807, 2.05) is 24.3 Å². The number of alkyl halides is 1. The van der Waals surface area contributed by atoms with Gasteiger partial charge in [0.15, 0.2) is 0 Å². The van der Waals surface area contributed by atoms with Gasteiger partial charge >= 0.3 is 5.97 Å². The van der Waals surface area contributed by atoms with Crippen molar-refractivity contribution in [3.8, 4) is 0 Å². The van der Waals surface area contributed by atoms with Gasteiger partial charge in [0.1, 0.15) is 5.70 Å². The van der Waals surface area contributed by atoms with Gasteiger partial charge in [0.2, 0.25) is 5.78 Å². The van der Waals surface area contributed by atoms with Crippen molar-refractivity contribution in [2.24, 2.45) is 4.99 Å². The van der Waals surface area contributed by atoms with Crippen molar-refractivity contribution in [3.05, 3.63) is 58.8 Å². The van der Waals surface area contributed by atoms with Crippen LogP contribution >= 0.6 is 15.9 Å². The van der Waals surface area contributed by atoms with Crippen LogP contribution < -0.4 is 0 Å². The number of rotatable bonds is 4. The maximum absolute atomic E-state index is 12.4. The molecule has 0 fully saturated rings. The van der Waals surface area contributed by atoms with Crippen molar-refractivity contribution in [1.29, 1.82) is 0 Å². The number of ether oxygens (including phenoxy) is 1. The Balaban J connectivity index is 2.09. The molecule has 0 N–H and O–H groups in total. The number of methoxy groups -OCH3 is 1. The molecule has 0 spiro atoms. The summed E-state index contributed by atoms with van der Waals surface area (Å²) in [6.07, 6.45) is 4.24. The number of Topliss-reactive ketones (excluding diaryl/α,β-unsaturated/α-hetero) is 1. The summed E-state index contributed by atoms with van der Waals surface area (Å²) in [5.74, 6) is -0.454. The number of hydrogen-bond acceptors (Lipinski definition) is 4. The van der Waals surface area contributed by atoms with Gasteiger partial charge < -0.3 is 4.74 Å². The van der Waals surface area contributed by atoms with Crippen molar-refractivity contribution in [2.75, 3.05) is 7.11 Å². The maximum Gasteiger partial charge on any atom is 0.338 e. The summed E-state index contributed by atoms with van der Waals surface area (Å²) < 4.78 is 4.82. The molecule has 1 heterocycles. The number of nitrogens with zero attached hydrogens (tertiary/aromatic N) is 1. The van der Waals surface area contributed by atoms with Crippen molar-refractivity contribution in [3.63, 3.8) is 0 Å². The first-order valence-electron chi connectivity index (χ1n) is 7.13. The second-order valence-electron chi connectivity index (χ2n) is 5.12. The van der Waals surface area contributed by atoms with E-state index >= 15 is 0 Å². The molecule has 0 aromatic heterocycles. The van der Waals surface area contributed by atoms with E-state index in [9.17, 15) is 9.59 Å². The molecule has 116 valence electrons. The SMILES string of the molecule is COC(=O)c1ccc2cc(C(=O)C3=CCC=N3)ccc2c1CBr. The number of benzene rings is 2. The van der Waals surface area contributed by atoms with E-state index < -0.39 is 0 Å². The summed E-state index contributed by atoms with van der Waals surface area (Å²) in [5, 5.41) is 2.35. The number of allylic oxidation sites excluding steroid dienone is 2. The summed E-state index contributed by atoms with van der Waals surface area (Å²) >= 11 is 3.43. The zero-order chi connectivity index (χ0) is 16.4. The third-order valence-electron chi connectivity index (χ3n) is 3.81. The van der Waals surface area contributed by atoms with Gasteiger partial charge in [-0.25, -0.2) is 4.79 Å². The first kappa shape index (κ1) is 15.6. The van der Waals surface area contributed by atoms with E-state index in [0.29, 0.717) is 28.6 Å². The largest absolute Gasteiger partial charge is 0.465 e. The summed E-state index contributed by atoms with van der Waals surface area (Å²) in [7, 11) is 1.36. The zero-order valence-corrected chi connectivity index (χ0v) is 14.1. The van der Waals surface area contributed by atoms with Crippen LogP contribution in [-0.4, -0.2) is 25.1 Å². The van der Waals surface area contributed by atoms with Gasteiger partial charge in [-0.15, -0.1) is 0 Å². The maximum atomic E-state index is 12.4. The molecule has 0 saturated heterocycles. The normalized spacial score (nSPS) is 13.2. The minimum atomic E-state index is -0.369. The molecular formula is C18H14BrNO3. The molecular weight excluding hydrogens is 358 g/mol. The Hall–Kier alpha value is -2.27. The number of hydrogen-bond donors (Lipinski definition) is 0. The minimum absolute atomic E-state index is 0.0851. The van der Waals surface area contributed by atoms with Gasteiger partial charge in [0.25, 0.3) is 0 Å². The summed E-state index contributed by atoms with van der Waals surface area (Å²) in [4.78, 5) is 28.4. The lowest BCUT2D eigenvalue weighted by atomic mass is 9.97. The Bertz CT molecular complexity index is 868. The Morgan fingerprint density at radius 1 is 1.26 bits per heavy atom. The first-order chi connectivity index (χ1) is 11.2. The lowest BCUT2D eigenvalue weighted by molar-refractivity contribution is 0.0600. The number of fused-ring (bicyclic) bond motifs is 1. The predicted molar refractivity (Wildman–Crippen MR) is 93.4 cm³/mol. The molecule has 1 aliphatic rings. The zero-order valence-electron chi connectivity index (χ0n) is 12.5. The fourth-order valence-electron chi connectivity index (χ4n) is 2.65. The van der Waals surface area contributed by atoms with Gasteiger partial charge in [-0.1, -0.05) is 34.1 Å². The summed E-state index contributed by atoms with van der Waals surface area (Å²) in [6, 6.07) is 9.03. The number of ketones is 1. The van der Waals surface area contributed by atoms with Crippen molar-refractivity contribution in [1.82, 2.24) is 0 Å². The molecule has 23 heavy (non-hydrogen) atoms. The summed E-state index contributed by atoms with van der Waals surface area (Å²) in [6.45, 7) is 0. The van der Waals surface area contributed by atoms with Crippen LogP contribution in [-0.2, 0) is 10.1 Å². The summed E-state index contributed by atoms with van der Waals surface area (Å²) in [5.41, 5.74) is 2.45. The van der Waals surface area contributed by atoms with Gasteiger partial charge in [-0.2, -0.15) is 0 Å². The topological polar surface area (TPSA) is 55.7 Å². The van der Waals surface area contributed by atoms with Gasteiger partial charge in [-0.3, -0.25) is 9.79 Å². The monoisotopic (exact) mass is 371 g/mol. The quantitative estimate of drug-likeness (QED) is 0.462. The molecule has 0 saturated carbocycles. The van der Waals surface area contributed by atoms with Crippen LogP contribution in [0.25, 0.3) is 10.8 Å². The van der Waals surface area contributed by atoms with Crippen LogP contribution in [0.15, 0.2) is 47.1 Å². The molecule has 1 aliphatic heterocycles. The highest BCUT2D eigenvalue weighted by Crippen LogP contribution is 2.27. The van der Waals surface area contributed by atoms with Gasteiger partial charge in [0.05, 0.1) is 12.7 Å². The molecule has 0 unspecified atom stereocenters. The van der Waals surface area contributed by atoms with Crippen molar-refractivity contribution >= 4 is 44.7 Å². The Morgan fingerprint density at radius 2 is 2.09 bits per heavy atom. The van der Waals surface area contributed by atoms with Crippen LogP contribution in [0, 0.1) is 0 Å². The lowest BCUT2D eigenvalue weighted by Crippen LogP contribution is -2.06. The predicted octanol–water partition coefficient (Wildman–Crippen LogP) is 4.06. The number of esters is 1. The van der Waals surface area contributed by atoms with Crippen LogP contribution in [0.5, 0.6) is 0 Å². The third-order valence-corrected chi connectivity index (χ3v) is 4.37. The average Bonchev–Trinajstić information content (AvgIpc) is 3.13. The molecule has 3 rings (SSSR count). The molecule has 2 aromatic rings. The minimum Gasteiger partial charge on any atom is -0.465 e. The Morgan fingerprint density at radius 3 is 2.74 bits per heavy atom. The molecule has 5 heteroatoms. The molecule has 0 radical (unpaired) electrons.